The summed E-state index contributed by atoms with van der Waals surface area (Å²) in [4.78, 5) is 22.4. The SMILES string of the molecule is CCNS(=O)(=O)CCNC(=O)NC(C)(CC)C(=O)O. The van der Waals surface area contributed by atoms with Crippen LogP contribution in [0.4, 0.5) is 4.79 Å². The number of carbonyl (C=O) groups is 2. The summed E-state index contributed by atoms with van der Waals surface area (Å²) in [6, 6.07) is -0.710. The molecule has 1 atom stereocenters. The molecule has 0 aromatic heterocycles. The summed E-state index contributed by atoms with van der Waals surface area (Å²) in [5.74, 6) is -1.41. The fourth-order valence-corrected chi connectivity index (χ4v) is 2.13. The van der Waals surface area contributed by atoms with Crippen molar-refractivity contribution in [3.8, 4) is 0 Å². The topological polar surface area (TPSA) is 125 Å². The molecule has 0 aromatic rings. The second-order valence-corrected chi connectivity index (χ2v) is 6.11. The lowest BCUT2D eigenvalue weighted by atomic mass is 10.00. The molecule has 0 aliphatic heterocycles. The molecule has 9 heteroatoms. The van der Waals surface area contributed by atoms with Gasteiger partial charge in [-0.05, 0) is 13.3 Å². The van der Waals surface area contributed by atoms with Crippen molar-refractivity contribution in [2.24, 2.45) is 0 Å². The van der Waals surface area contributed by atoms with Gasteiger partial charge in [0.2, 0.25) is 10.0 Å². The van der Waals surface area contributed by atoms with Crippen molar-refractivity contribution in [1.82, 2.24) is 15.4 Å². The van der Waals surface area contributed by atoms with Gasteiger partial charge in [0.1, 0.15) is 5.54 Å². The van der Waals surface area contributed by atoms with E-state index in [1.807, 2.05) is 0 Å². The first-order valence-electron chi connectivity index (χ1n) is 5.93. The largest absolute Gasteiger partial charge is 0.480 e. The summed E-state index contributed by atoms with van der Waals surface area (Å²) in [6.07, 6.45) is 0.214. The number of aliphatic carboxylic acids is 1. The number of amides is 2. The Labute approximate surface area is 113 Å². The quantitative estimate of drug-likeness (QED) is 0.479. The van der Waals surface area contributed by atoms with Gasteiger partial charge in [-0.25, -0.2) is 22.7 Å². The maximum Gasteiger partial charge on any atom is 0.329 e. The number of sulfonamides is 1. The number of nitrogens with one attached hydrogen (secondary N) is 3. The highest BCUT2D eigenvalue weighted by molar-refractivity contribution is 7.89. The Kier molecular flexibility index (Phi) is 6.77. The van der Waals surface area contributed by atoms with Gasteiger partial charge < -0.3 is 15.7 Å². The molecule has 0 heterocycles. The third-order valence-corrected chi connectivity index (χ3v) is 4.06. The highest BCUT2D eigenvalue weighted by atomic mass is 32.2. The molecule has 8 nitrogen and oxygen atoms in total. The molecule has 0 saturated carbocycles. The summed E-state index contributed by atoms with van der Waals surface area (Å²) >= 11 is 0. The van der Waals surface area contributed by atoms with Crippen LogP contribution in [0.25, 0.3) is 0 Å². The predicted molar refractivity (Wildman–Crippen MR) is 70.3 cm³/mol. The zero-order chi connectivity index (χ0) is 15.1. The summed E-state index contributed by atoms with van der Waals surface area (Å²) < 4.78 is 24.8. The predicted octanol–water partition coefficient (Wildman–Crippen LogP) is -0.522. The number of carbonyl (C=O) groups excluding carboxylic acids is 1. The molecule has 0 aromatic carbocycles. The average molecular weight is 295 g/mol. The highest BCUT2D eigenvalue weighted by Crippen LogP contribution is 2.08. The van der Waals surface area contributed by atoms with Crippen molar-refractivity contribution in [3.05, 3.63) is 0 Å². The van der Waals surface area contributed by atoms with E-state index >= 15 is 0 Å². The van der Waals surface area contributed by atoms with E-state index in [-0.39, 0.29) is 25.3 Å². The maximum absolute atomic E-state index is 11.5. The standard InChI is InChI=1S/C10H21N3O5S/c1-4-10(3,8(14)15)13-9(16)11-6-7-19(17,18)12-5-2/h12H,4-7H2,1-3H3,(H,14,15)(H2,11,13,16). The fourth-order valence-electron chi connectivity index (χ4n) is 1.18. The van der Waals surface area contributed by atoms with Gasteiger partial charge in [-0.3, -0.25) is 0 Å². The Hall–Kier alpha value is -1.35. The third-order valence-electron chi connectivity index (χ3n) is 2.59. The lowest BCUT2D eigenvalue weighted by Crippen LogP contribution is -2.55. The monoisotopic (exact) mass is 295 g/mol. The van der Waals surface area contributed by atoms with Crippen molar-refractivity contribution < 1.29 is 23.1 Å². The van der Waals surface area contributed by atoms with Crippen LogP contribution < -0.4 is 15.4 Å². The zero-order valence-electron chi connectivity index (χ0n) is 11.3. The fraction of sp³-hybridized carbons (Fsp3) is 0.800. The van der Waals surface area contributed by atoms with Gasteiger partial charge in [0.15, 0.2) is 0 Å². The van der Waals surface area contributed by atoms with E-state index in [1.54, 1.807) is 13.8 Å². The third kappa shape index (κ3) is 6.39. The molecule has 0 saturated heterocycles. The van der Waals surface area contributed by atoms with Crippen molar-refractivity contribution >= 4 is 22.0 Å². The van der Waals surface area contributed by atoms with Crippen LogP contribution >= 0.6 is 0 Å². The average Bonchev–Trinajstić information content (AvgIpc) is 2.27. The summed E-state index contributed by atoms with van der Waals surface area (Å²) in [7, 11) is -3.40. The molecule has 4 N–H and O–H groups in total. The van der Waals surface area contributed by atoms with Gasteiger partial charge in [0.25, 0.3) is 0 Å². The molecule has 19 heavy (non-hydrogen) atoms. The first-order valence-corrected chi connectivity index (χ1v) is 7.59. The van der Waals surface area contributed by atoms with Gasteiger partial charge in [-0.15, -0.1) is 0 Å². The summed E-state index contributed by atoms with van der Waals surface area (Å²) in [6.45, 7) is 4.84. The molecule has 2 amide bonds. The minimum atomic E-state index is -3.40. The van der Waals surface area contributed by atoms with Crippen LogP contribution in [0.1, 0.15) is 27.2 Å². The van der Waals surface area contributed by atoms with Gasteiger partial charge in [-0.2, -0.15) is 0 Å². The van der Waals surface area contributed by atoms with E-state index in [1.165, 1.54) is 6.92 Å². The Morgan fingerprint density at radius 3 is 2.26 bits per heavy atom. The summed E-state index contributed by atoms with van der Waals surface area (Å²) in [5.41, 5.74) is -1.37. The first kappa shape index (κ1) is 17.6. The van der Waals surface area contributed by atoms with Crippen LogP contribution in [-0.4, -0.2) is 49.9 Å². The molecule has 0 rings (SSSR count). The Morgan fingerprint density at radius 2 is 1.84 bits per heavy atom. The second kappa shape index (κ2) is 7.29. The second-order valence-electron chi connectivity index (χ2n) is 4.19. The van der Waals surface area contributed by atoms with Crippen LogP contribution in [0.2, 0.25) is 0 Å². The molecule has 0 fully saturated rings. The van der Waals surface area contributed by atoms with E-state index < -0.39 is 27.6 Å². The Bertz CT molecular complexity index is 423. The number of hydrogen-bond acceptors (Lipinski definition) is 4. The first-order chi connectivity index (χ1) is 8.67. The van der Waals surface area contributed by atoms with Gasteiger partial charge >= 0.3 is 12.0 Å². The molecular weight excluding hydrogens is 274 g/mol. The number of hydrogen-bond donors (Lipinski definition) is 4. The van der Waals surface area contributed by atoms with Crippen molar-refractivity contribution in [2.45, 2.75) is 32.7 Å². The van der Waals surface area contributed by atoms with E-state index in [9.17, 15) is 18.0 Å². The van der Waals surface area contributed by atoms with E-state index in [2.05, 4.69) is 15.4 Å². The van der Waals surface area contributed by atoms with E-state index in [0.717, 1.165) is 0 Å². The normalized spacial score (nSPS) is 14.5. The zero-order valence-corrected chi connectivity index (χ0v) is 12.1. The van der Waals surface area contributed by atoms with Crippen LogP contribution in [0.5, 0.6) is 0 Å². The van der Waals surface area contributed by atoms with E-state index in [0.29, 0.717) is 0 Å². The number of rotatable bonds is 8. The van der Waals surface area contributed by atoms with Crippen LogP contribution in [-0.2, 0) is 14.8 Å². The molecular formula is C10H21N3O5S. The van der Waals surface area contributed by atoms with Gasteiger partial charge in [-0.1, -0.05) is 13.8 Å². The number of carboxylic acid groups (broad SMARTS) is 1. The lowest BCUT2D eigenvalue weighted by Gasteiger charge is -2.24. The van der Waals surface area contributed by atoms with Crippen molar-refractivity contribution in [3.63, 3.8) is 0 Å². The number of urea groups is 1. The van der Waals surface area contributed by atoms with E-state index in [4.69, 9.17) is 5.11 Å². The van der Waals surface area contributed by atoms with Crippen LogP contribution in [0.3, 0.4) is 0 Å². The minimum Gasteiger partial charge on any atom is -0.480 e. The molecule has 0 spiro atoms. The highest BCUT2D eigenvalue weighted by Gasteiger charge is 2.32. The molecule has 1 unspecified atom stereocenters. The molecule has 0 bridgehead atoms. The Balaban J connectivity index is 4.24. The molecule has 0 radical (unpaired) electrons. The number of carboxylic acids is 1. The maximum atomic E-state index is 11.5. The molecule has 112 valence electrons. The van der Waals surface area contributed by atoms with Gasteiger partial charge in [0, 0.05) is 13.1 Å². The summed E-state index contributed by atoms with van der Waals surface area (Å²) in [5, 5.41) is 13.6. The Morgan fingerprint density at radius 1 is 1.26 bits per heavy atom. The van der Waals surface area contributed by atoms with Crippen LogP contribution in [0.15, 0.2) is 0 Å². The molecule has 0 aliphatic carbocycles. The van der Waals surface area contributed by atoms with Gasteiger partial charge in [0.05, 0.1) is 5.75 Å². The smallest absolute Gasteiger partial charge is 0.329 e. The lowest BCUT2D eigenvalue weighted by molar-refractivity contribution is -0.143. The van der Waals surface area contributed by atoms with Crippen LogP contribution in [0, 0.1) is 0 Å². The molecule has 0 aliphatic rings. The minimum absolute atomic E-state index is 0.0966. The van der Waals surface area contributed by atoms with Crippen molar-refractivity contribution in [1.29, 1.82) is 0 Å². The van der Waals surface area contributed by atoms with Crippen molar-refractivity contribution in [2.75, 3.05) is 18.8 Å².